The molecule has 0 saturated heterocycles. The summed E-state index contributed by atoms with van der Waals surface area (Å²) < 4.78 is 4.43. The number of esters is 1. The number of halogens is 1. The lowest BCUT2D eigenvalue weighted by Gasteiger charge is -1.99. The number of carbonyl (C=O) groups excluding carboxylic acids is 2. The summed E-state index contributed by atoms with van der Waals surface area (Å²) in [4.78, 5) is 21.7. The predicted molar refractivity (Wildman–Crippen MR) is 57.5 cm³/mol. The Morgan fingerprint density at radius 3 is 2.60 bits per heavy atom. The zero-order valence-corrected chi connectivity index (χ0v) is 8.82. The third-order valence-corrected chi connectivity index (χ3v) is 2.11. The van der Waals surface area contributed by atoms with E-state index in [1.54, 1.807) is 24.3 Å². The molecule has 78 valence electrons. The van der Waals surface area contributed by atoms with Gasteiger partial charge >= 0.3 is 5.97 Å². The van der Waals surface area contributed by atoms with Gasteiger partial charge in [-0.05, 0) is 17.7 Å². The van der Waals surface area contributed by atoms with Gasteiger partial charge in [-0.3, -0.25) is 4.79 Å². The van der Waals surface area contributed by atoms with Crippen LogP contribution in [-0.2, 0) is 14.3 Å². The first-order chi connectivity index (χ1) is 7.19. The van der Waals surface area contributed by atoms with E-state index in [0.29, 0.717) is 16.9 Å². The third-order valence-electron chi connectivity index (χ3n) is 1.76. The van der Waals surface area contributed by atoms with Crippen molar-refractivity contribution in [3.05, 3.63) is 40.4 Å². The predicted octanol–water partition coefficient (Wildman–Crippen LogP) is 2.10. The number of carbonyl (C=O) groups is 2. The molecule has 0 radical (unpaired) electrons. The van der Waals surface area contributed by atoms with E-state index in [-0.39, 0.29) is 5.57 Å². The lowest BCUT2D eigenvalue weighted by molar-refractivity contribution is -0.136. The zero-order chi connectivity index (χ0) is 11.3. The maximum absolute atomic E-state index is 11.1. The van der Waals surface area contributed by atoms with Crippen LogP contribution in [0.3, 0.4) is 0 Å². The van der Waals surface area contributed by atoms with Crippen molar-refractivity contribution in [2.45, 2.75) is 0 Å². The first-order valence-electron chi connectivity index (χ1n) is 4.18. The number of ether oxygens (including phenoxy) is 1. The topological polar surface area (TPSA) is 43.4 Å². The van der Waals surface area contributed by atoms with Crippen molar-refractivity contribution in [1.82, 2.24) is 0 Å². The van der Waals surface area contributed by atoms with Crippen LogP contribution in [0.15, 0.2) is 29.8 Å². The van der Waals surface area contributed by atoms with Gasteiger partial charge in [0.2, 0.25) is 0 Å². The fraction of sp³-hybridized carbons (Fsp3) is 0.0909. The minimum atomic E-state index is -0.676. The second-order valence-corrected chi connectivity index (χ2v) is 3.14. The summed E-state index contributed by atoms with van der Waals surface area (Å²) in [7, 11) is 1.21. The van der Waals surface area contributed by atoms with Crippen molar-refractivity contribution in [2.75, 3.05) is 7.11 Å². The average Bonchev–Trinajstić information content (AvgIpc) is 2.27. The second-order valence-electron chi connectivity index (χ2n) is 2.73. The van der Waals surface area contributed by atoms with Gasteiger partial charge in [-0.1, -0.05) is 29.8 Å². The van der Waals surface area contributed by atoms with Crippen molar-refractivity contribution in [2.24, 2.45) is 0 Å². The Hall–Kier alpha value is -1.61. The Bertz CT molecular complexity index is 410. The fourth-order valence-corrected chi connectivity index (χ4v) is 1.21. The van der Waals surface area contributed by atoms with Crippen LogP contribution in [0.2, 0.25) is 5.02 Å². The molecule has 0 unspecified atom stereocenters. The molecule has 0 bridgehead atoms. The largest absolute Gasteiger partial charge is 0.465 e. The molecule has 0 atom stereocenters. The van der Waals surface area contributed by atoms with Crippen LogP contribution in [-0.4, -0.2) is 19.4 Å². The molecular weight excluding hydrogens is 216 g/mol. The van der Waals surface area contributed by atoms with Gasteiger partial charge in [-0.25, -0.2) is 4.79 Å². The van der Waals surface area contributed by atoms with E-state index in [4.69, 9.17) is 11.6 Å². The average molecular weight is 225 g/mol. The summed E-state index contributed by atoms with van der Waals surface area (Å²) in [6, 6.07) is 6.90. The summed E-state index contributed by atoms with van der Waals surface area (Å²) in [5.41, 5.74) is 0.539. The summed E-state index contributed by atoms with van der Waals surface area (Å²) >= 11 is 5.86. The molecule has 0 aromatic heterocycles. The number of rotatable bonds is 3. The van der Waals surface area contributed by atoms with Gasteiger partial charge in [-0.15, -0.1) is 0 Å². The van der Waals surface area contributed by atoms with Gasteiger partial charge in [-0.2, -0.15) is 0 Å². The van der Waals surface area contributed by atoms with Crippen LogP contribution < -0.4 is 0 Å². The van der Waals surface area contributed by atoms with E-state index < -0.39 is 5.97 Å². The highest BCUT2D eigenvalue weighted by Gasteiger charge is 2.08. The fourth-order valence-electron chi connectivity index (χ4n) is 1.02. The Morgan fingerprint density at radius 2 is 2.07 bits per heavy atom. The SMILES string of the molecule is COC(=O)/C(C=O)=C\c1ccccc1Cl. The van der Waals surface area contributed by atoms with E-state index in [0.717, 1.165) is 0 Å². The van der Waals surface area contributed by atoms with Gasteiger partial charge in [0.1, 0.15) is 0 Å². The van der Waals surface area contributed by atoms with Crippen molar-refractivity contribution < 1.29 is 14.3 Å². The van der Waals surface area contributed by atoms with Crippen LogP contribution in [0.4, 0.5) is 0 Å². The highest BCUT2D eigenvalue weighted by molar-refractivity contribution is 6.32. The van der Waals surface area contributed by atoms with Crippen molar-refractivity contribution in [1.29, 1.82) is 0 Å². The van der Waals surface area contributed by atoms with E-state index in [2.05, 4.69) is 4.74 Å². The zero-order valence-electron chi connectivity index (χ0n) is 8.07. The van der Waals surface area contributed by atoms with Crippen molar-refractivity contribution >= 4 is 29.9 Å². The van der Waals surface area contributed by atoms with Crippen LogP contribution in [0.25, 0.3) is 6.08 Å². The minimum Gasteiger partial charge on any atom is -0.465 e. The van der Waals surface area contributed by atoms with E-state index in [1.165, 1.54) is 13.2 Å². The molecule has 4 heteroatoms. The number of methoxy groups -OCH3 is 1. The molecular formula is C11H9ClO3. The van der Waals surface area contributed by atoms with Gasteiger partial charge in [0, 0.05) is 5.02 Å². The van der Waals surface area contributed by atoms with Crippen molar-refractivity contribution in [3.8, 4) is 0 Å². The maximum Gasteiger partial charge on any atom is 0.341 e. The summed E-state index contributed by atoms with van der Waals surface area (Å²) in [5.74, 6) is -0.676. The highest BCUT2D eigenvalue weighted by Crippen LogP contribution is 2.17. The Morgan fingerprint density at radius 1 is 1.40 bits per heavy atom. The molecule has 0 amide bonds. The molecule has 0 aliphatic rings. The molecule has 0 fully saturated rings. The van der Waals surface area contributed by atoms with E-state index in [1.807, 2.05) is 0 Å². The normalized spacial score (nSPS) is 10.9. The van der Waals surface area contributed by atoms with Crippen LogP contribution in [0.1, 0.15) is 5.56 Å². The first kappa shape index (κ1) is 11.5. The van der Waals surface area contributed by atoms with Gasteiger partial charge < -0.3 is 4.74 Å². The molecule has 0 saturated carbocycles. The van der Waals surface area contributed by atoms with Gasteiger partial charge in [0.05, 0.1) is 12.7 Å². The van der Waals surface area contributed by atoms with Crippen LogP contribution >= 0.6 is 11.6 Å². The van der Waals surface area contributed by atoms with Crippen molar-refractivity contribution in [3.63, 3.8) is 0 Å². The van der Waals surface area contributed by atoms with Crippen LogP contribution in [0.5, 0.6) is 0 Å². The lowest BCUT2D eigenvalue weighted by atomic mass is 10.1. The molecule has 0 N–H and O–H groups in total. The Balaban J connectivity index is 3.09. The van der Waals surface area contributed by atoms with E-state index in [9.17, 15) is 9.59 Å². The Labute approximate surface area is 92.3 Å². The second kappa shape index (κ2) is 5.32. The highest BCUT2D eigenvalue weighted by atomic mass is 35.5. The number of benzene rings is 1. The first-order valence-corrected chi connectivity index (χ1v) is 4.56. The number of aldehydes is 1. The standard InChI is InChI=1S/C11H9ClO3/c1-15-11(14)9(7-13)6-8-4-2-3-5-10(8)12/h2-7H,1H3/b9-6-. The molecule has 1 rings (SSSR count). The van der Waals surface area contributed by atoms with E-state index >= 15 is 0 Å². The van der Waals surface area contributed by atoms with Crippen LogP contribution in [0, 0.1) is 0 Å². The lowest BCUT2D eigenvalue weighted by Crippen LogP contribution is -2.05. The molecule has 0 aliphatic heterocycles. The molecule has 3 nitrogen and oxygen atoms in total. The monoisotopic (exact) mass is 224 g/mol. The van der Waals surface area contributed by atoms with Gasteiger partial charge in [0.15, 0.2) is 6.29 Å². The number of hydrogen-bond acceptors (Lipinski definition) is 3. The molecule has 0 aliphatic carbocycles. The minimum absolute atomic E-state index is 0.0643. The van der Waals surface area contributed by atoms with Gasteiger partial charge in [0.25, 0.3) is 0 Å². The maximum atomic E-state index is 11.1. The molecule has 1 aromatic rings. The third kappa shape index (κ3) is 2.92. The summed E-state index contributed by atoms with van der Waals surface area (Å²) in [6.07, 6.45) is 1.83. The summed E-state index contributed by atoms with van der Waals surface area (Å²) in [6.45, 7) is 0. The number of hydrogen-bond donors (Lipinski definition) is 0. The quantitative estimate of drug-likeness (QED) is 0.260. The Kier molecular flexibility index (Phi) is 4.06. The molecule has 15 heavy (non-hydrogen) atoms. The summed E-state index contributed by atoms with van der Waals surface area (Å²) in [5, 5.41) is 0.473. The smallest absolute Gasteiger partial charge is 0.341 e. The molecule has 0 spiro atoms. The molecule has 1 aromatic carbocycles. The molecule has 0 heterocycles.